The Morgan fingerprint density at radius 2 is 1.52 bits per heavy atom. The molecule has 23 heavy (non-hydrogen) atoms. The highest BCUT2D eigenvalue weighted by atomic mass is 14.9. The molecule has 0 aromatic rings. The highest BCUT2D eigenvalue weighted by Gasteiger charge is 2.51. The standard InChI is InChI=1S/C21H30N2/c1-13-9-14(2)21(12-20(7,8)23-16(21)4)18-10-15(3)22-19(5,6)11-17(13)18/h9-10H,11-12H2,1-8H3/t21-/m0/s1. The van der Waals surface area contributed by atoms with Gasteiger partial charge in [-0.1, -0.05) is 11.6 Å². The monoisotopic (exact) mass is 310 g/mol. The summed E-state index contributed by atoms with van der Waals surface area (Å²) in [6, 6.07) is 0. The van der Waals surface area contributed by atoms with Crippen LogP contribution in [-0.2, 0) is 0 Å². The fourth-order valence-corrected chi connectivity index (χ4v) is 4.93. The van der Waals surface area contributed by atoms with E-state index in [-0.39, 0.29) is 16.5 Å². The van der Waals surface area contributed by atoms with Gasteiger partial charge in [0, 0.05) is 11.4 Å². The number of rotatable bonds is 0. The predicted octanol–water partition coefficient (Wildman–Crippen LogP) is 5.46. The van der Waals surface area contributed by atoms with Crippen molar-refractivity contribution in [2.75, 3.05) is 0 Å². The molecular weight excluding hydrogens is 280 g/mol. The number of aliphatic imine (C=N–C) groups is 2. The van der Waals surface area contributed by atoms with E-state index in [4.69, 9.17) is 9.98 Å². The summed E-state index contributed by atoms with van der Waals surface area (Å²) in [4.78, 5) is 9.98. The second kappa shape index (κ2) is 4.78. The van der Waals surface area contributed by atoms with Crippen molar-refractivity contribution < 1.29 is 0 Å². The number of hydrogen-bond acceptors (Lipinski definition) is 2. The quantitative estimate of drug-likeness (QED) is 0.567. The summed E-state index contributed by atoms with van der Waals surface area (Å²) in [5, 5.41) is 0. The third-order valence-electron chi connectivity index (χ3n) is 5.59. The maximum atomic E-state index is 5.03. The van der Waals surface area contributed by atoms with Crippen LogP contribution in [0.15, 0.2) is 44.4 Å². The Labute approximate surface area is 141 Å². The molecular formula is C21H30N2. The van der Waals surface area contributed by atoms with Crippen LogP contribution in [-0.4, -0.2) is 22.5 Å². The van der Waals surface area contributed by atoms with Crippen molar-refractivity contribution in [3.05, 3.63) is 34.4 Å². The Morgan fingerprint density at radius 1 is 0.870 bits per heavy atom. The van der Waals surface area contributed by atoms with Gasteiger partial charge in [-0.25, -0.2) is 0 Å². The molecule has 1 aliphatic carbocycles. The lowest BCUT2D eigenvalue weighted by Crippen LogP contribution is -2.36. The Balaban J connectivity index is 2.26. The molecule has 0 saturated heterocycles. The van der Waals surface area contributed by atoms with E-state index in [1.54, 1.807) is 0 Å². The highest BCUT2D eigenvalue weighted by Crippen LogP contribution is 2.56. The Kier molecular flexibility index (Phi) is 3.41. The molecule has 1 atom stereocenters. The van der Waals surface area contributed by atoms with E-state index in [9.17, 15) is 0 Å². The van der Waals surface area contributed by atoms with Crippen LogP contribution in [0.4, 0.5) is 0 Å². The molecule has 0 radical (unpaired) electrons. The van der Waals surface area contributed by atoms with Crippen LogP contribution in [0.5, 0.6) is 0 Å². The van der Waals surface area contributed by atoms with Crippen molar-refractivity contribution in [3.8, 4) is 0 Å². The van der Waals surface area contributed by atoms with E-state index >= 15 is 0 Å². The van der Waals surface area contributed by atoms with Gasteiger partial charge in [0.25, 0.3) is 0 Å². The minimum atomic E-state index is -0.0433. The van der Waals surface area contributed by atoms with Crippen molar-refractivity contribution in [2.24, 2.45) is 15.4 Å². The van der Waals surface area contributed by atoms with Gasteiger partial charge in [0.2, 0.25) is 0 Å². The Morgan fingerprint density at radius 3 is 2.09 bits per heavy atom. The van der Waals surface area contributed by atoms with Gasteiger partial charge in [-0.2, -0.15) is 0 Å². The van der Waals surface area contributed by atoms with Gasteiger partial charge in [0.05, 0.1) is 16.5 Å². The Bertz CT molecular complexity index is 723. The van der Waals surface area contributed by atoms with Crippen LogP contribution >= 0.6 is 0 Å². The number of nitrogens with zero attached hydrogens (tertiary/aromatic N) is 2. The molecule has 0 aromatic carbocycles. The maximum absolute atomic E-state index is 5.03. The van der Waals surface area contributed by atoms with Crippen LogP contribution in [0.2, 0.25) is 0 Å². The van der Waals surface area contributed by atoms with E-state index in [1.807, 2.05) is 0 Å². The normalized spacial score (nSPS) is 32.0. The third kappa shape index (κ3) is 2.47. The van der Waals surface area contributed by atoms with Gasteiger partial charge < -0.3 is 0 Å². The topological polar surface area (TPSA) is 24.7 Å². The highest BCUT2D eigenvalue weighted by molar-refractivity contribution is 6.02. The van der Waals surface area contributed by atoms with Crippen LogP contribution in [0, 0.1) is 5.41 Å². The van der Waals surface area contributed by atoms with Crippen molar-refractivity contribution >= 4 is 11.4 Å². The molecule has 3 rings (SSSR count). The first-order chi connectivity index (χ1) is 10.5. The minimum absolute atomic E-state index is 0.00322. The fraction of sp³-hybridized carbons (Fsp3) is 0.619. The molecule has 2 aliphatic heterocycles. The molecule has 0 aromatic heterocycles. The molecule has 0 unspecified atom stereocenters. The van der Waals surface area contributed by atoms with Gasteiger partial charge in [-0.3, -0.25) is 9.98 Å². The summed E-state index contributed by atoms with van der Waals surface area (Å²) in [5.74, 6) is 0. The Hall–Kier alpha value is -1.44. The average Bonchev–Trinajstić information content (AvgIpc) is 2.52. The third-order valence-corrected chi connectivity index (χ3v) is 5.59. The van der Waals surface area contributed by atoms with Gasteiger partial charge >= 0.3 is 0 Å². The second-order valence-corrected chi connectivity index (χ2v) is 8.88. The molecule has 0 bridgehead atoms. The lowest BCUT2D eigenvalue weighted by Gasteiger charge is -2.40. The zero-order valence-corrected chi connectivity index (χ0v) is 16.0. The SMILES string of the molecule is CC1=CC(C)=C2CC(C)(C)N=C(C)C=C2[C@@]12CC(C)(C)N=C2C. The van der Waals surface area contributed by atoms with Gasteiger partial charge in [-0.15, -0.1) is 0 Å². The minimum Gasteiger partial charge on any atom is -0.287 e. The van der Waals surface area contributed by atoms with Crippen LogP contribution < -0.4 is 0 Å². The van der Waals surface area contributed by atoms with Crippen LogP contribution in [0.1, 0.15) is 68.2 Å². The average molecular weight is 310 g/mol. The van der Waals surface area contributed by atoms with Gasteiger partial charge in [0.15, 0.2) is 0 Å². The van der Waals surface area contributed by atoms with Gasteiger partial charge in [0.1, 0.15) is 0 Å². The van der Waals surface area contributed by atoms with Gasteiger partial charge in [-0.05, 0) is 91.0 Å². The maximum Gasteiger partial charge on any atom is 0.0595 e. The van der Waals surface area contributed by atoms with Crippen molar-refractivity contribution in [1.82, 2.24) is 0 Å². The van der Waals surface area contributed by atoms with Crippen LogP contribution in [0.3, 0.4) is 0 Å². The molecule has 0 N–H and O–H groups in total. The molecule has 2 nitrogen and oxygen atoms in total. The lowest BCUT2D eigenvalue weighted by atomic mass is 9.61. The molecule has 2 heteroatoms. The lowest BCUT2D eigenvalue weighted by molar-refractivity contribution is 0.418. The first kappa shape index (κ1) is 16.4. The summed E-state index contributed by atoms with van der Waals surface area (Å²) in [6.45, 7) is 17.9. The van der Waals surface area contributed by atoms with E-state index < -0.39 is 0 Å². The summed E-state index contributed by atoms with van der Waals surface area (Å²) >= 11 is 0. The smallest absolute Gasteiger partial charge is 0.0595 e. The van der Waals surface area contributed by atoms with E-state index in [0.29, 0.717) is 0 Å². The molecule has 1 spiro atoms. The first-order valence-corrected chi connectivity index (χ1v) is 8.71. The molecule has 0 amide bonds. The largest absolute Gasteiger partial charge is 0.287 e. The number of hydrogen-bond donors (Lipinski definition) is 0. The molecule has 2 heterocycles. The second-order valence-electron chi connectivity index (χ2n) is 8.88. The molecule has 0 saturated carbocycles. The molecule has 0 fully saturated rings. The zero-order valence-electron chi connectivity index (χ0n) is 16.0. The molecule has 3 aliphatic rings. The van der Waals surface area contributed by atoms with Crippen molar-refractivity contribution in [3.63, 3.8) is 0 Å². The van der Waals surface area contributed by atoms with E-state index in [2.05, 4.69) is 67.5 Å². The summed E-state index contributed by atoms with van der Waals surface area (Å²) in [7, 11) is 0. The van der Waals surface area contributed by atoms with Crippen molar-refractivity contribution in [2.45, 2.75) is 79.3 Å². The fourth-order valence-electron chi connectivity index (χ4n) is 4.93. The zero-order chi connectivity index (χ0) is 17.2. The summed E-state index contributed by atoms with van der Waals surface area (Å²) in [6.07, 6.45) is 6.79. The summed E-state index contributed by atoms with van der Waals surface area (Å²) in [5.41, 5.74) is 8.10. The first-order valence-electron chi connectivity index (χ1n) is 8.71. The molecule has 124 valence electrons. The van der Waals surface area contributed by atoms with Crippen LogP contribution in [0.25, 0.3) is 0 Å². The summed E-state index contributed by atoms with van der Waals surface area (Å²) < 4.78 is 0. The number of fused-ring (bicyclic) bond motifs is 2. The van der Waals surface area contributed by atoms with E-state index in [1.165, 1.54) is 28.0 Å². The predicted molar refractivity (Wildman–Crippen MR) is 101 cm³/mol. The van der Waals surface area contributed by atoms with Crippen molar-refractivity contribution in [1.29, 1.82) is 0 Å². The number of allylic oxidation sites excluding steroid dienone is 5. The van der Waals surface area contributed by atoms with E-state index in [0.717, 1.165) is 18.6 Å².